The van der Waals surface area contributed by atoms with Gasteiger partial charge in [0.15, 0.2) is 5.82 Å². The van der Waals surface area contributed by atoms with Gasteiger partial charge in [-0.15, -0.1) is 10.2 Å². The fourth-order valence-electron chi connectivity index (χ4n) is 2.75. The second-order valence-corrected chi connectivity index (χ2v) is 6.47. The normalized spacial score (nSPS) is 10.5. The molecule has 7 nitrogen and oxygen atoms in total. The minimum Gasteiger partial charge on any atom is -0.438 e. The number of hydrogen-bond donors (Lipinski definition) is 1. The highest BCUT2D eigenvalue weighted by molar-refractivity contribution is 5.92. The summed E-state index contributed by atoms with van der Waals surface area (Å²) in [7, 11) is 0. The van der Waals surface area contributed by atoms with Crippen molar-refractivity contribution in [1.29, 1.82) is 0 Å². The molecule has 0 atom stereocenters. The van der Waals surface area contributed by atoms with Crippen molar-refractivity contribution in [2.24, 2.45) is 0 Å². The molecule has 29 heavy (non-hydrogen) atoms. The highest BCUT2D eigenvalue weighted by Gasteiger charge is 2.06. The summed E-state index contributed by atoms with van der Waals surface area (Å²) < 4.78 is 7.37. The molecule has 0 unspecified atom stereocenters. The fourth-order valence-corrected chi connectivity index (χ4v) is 2.75. The molecule has 0 saturated carbocycles. The van der Waals surface area contributed by atoms with Crippen molar-refractivity contribution in [2.75, 3.05) is 5.32 Å². The molecule has 4 aromatic rings. The number of aromatic nitrogens is 4. The summed E-state index contributed by atoms with van der Waals surface area (Å²) in [5.74, 6) is 1.52. The molecule has 2 aromatic heterocycles. The average molecular weight is 385 g/mol. The van der Waals surface area contributed by atoms with Gasteiger partial charge in [0.1, 0.15) is 5.75 Å². The van der Waals surface area contributed by atoms with Gasteiger partial charge in [-0.3, -0.25) is 4.79 Å². The SMILES string of the molecule is Cc1ccn(-c2ccc(Oc3ccc(NC(=O)Cc4ccccc4)cc3)nn2)n1. The summed E-state index contributed by atoms with van der Waals surface area (Å²) in [6.07, 6.45) is 2.15. The van der Waals surface area contributed by atoms with E-state index in [1.54, 1.807) is 41.1 Å². The van der Waals surface area contributed by atoms with Crippen LogP contribution in [0.3, 0.4) is 0 Å². The van der Waals surface area contributed by atoms with E-state index in [9.17, 15) is 4.79 Å². The number of nitrogens with one attached hydrogen (secondary N) is 1. The topological polar surface area (TPSA) is 81.9 Å². The monoisotopic (exact) mass is 385 g/mol. The second kappa shape index (κ2) is 8.35. The maximum Gasteiger partial charge on any atom is 0.238 e. The minimum atomic E-state index is -0.0693. The standard InChI is InChI=1S/C22H19N5O2/c1-16-13-14-27(26-16)20-11-12-22(25-24-20)29-19-9-7-18(8-10-19)23-21(28)15-17-5-3-2-4-6-17/h2-14H,15H2,1H3,(H,23,28). The van der Waals surface area contributed by atoms with Crippen molar-refractivity contribution in [3.63, 3.8) is 0 Å². The molecule has 1 amide bonds. The number of amides is 1. The molecule has 0 bridgehead atoms. The number of anilines is 1. The lowest BCUT2D eigenvalue weighted by Gasteiger charge is -2.08. The number of hydrogen-bond acceptors (Lipinski definition) is 5. The van der Waals surface area contributed by atoms with Crippen LogP contribution in [0.4, 0.5) is 5.69 Å². The zero-order valence-corrected chi connectivity index (χ0v) is 15.8. The predicted octanol–water partition coefficient (Wildman–Crippen LogP) is 3.94. The molecule has 0 saturated heterocycles. The number of benzene rings is 2. The molecule has 0 spiro atoms. The predicted molar refractivity (Wildman–Crippen MR) is 109 cm³/mol. The third-order valence-corrected chi connectivity index (χ3v) is 4.15. The van der Waals surface area contributed by atoms with Crippen molar-refractivity contribution < 1.29 is 9.53 Å². The van der Waals surface area contributed by atoms with Gasteiger partial charge in [-0.1, -0.05) is 30.3 Å². The quantitative estimate of drug-likeness (QED) is 0.544. The van der Waals surface area contributed by atoms with E-state index in [2.05, 4.69) is 20.6 Å². The van der Waals surface area contributed by atoms with Gasteiger partial charge >= 0.3 is 0 Å². The van der Waals surface area contributed by atoms with Crippen LogP contribution in [-0.4, -0.2) is 25.9 Å². The highest BCUT2D eigenvalue weighted by atomic mass is 16.5. The summed E-state index contributed by atoms with van der Waals surface area (Å²) in [5, 5.41) is 15.4. The molecule has 4 rings (SSSR count). The number of rotatable bonds is 6. The Labute approximate surface area is 168 Å². The van der Waals surface area contributed by atoms with Gasteiger partial charge in [0.25, 0.3) is 0 Å². The van der Waals surface area contributed by atoms with Crippen molar-refractivity contribution in [2.45, 2.75) is 13.3 Å². The van der Waals surface area contributed by atoms with Crippen molar-refractivity contribution in [1.82, 2.24) is 20.0 Å². The molecule has 1 N–H and O–H groups in total. The zero-order valence-electron chi connectivity index (χ0n) is 15.8. The van der Waals surface area contributed by atoms with E-state index in [-0.39, 0.29) is 5.91 Å². The molecule has 2 aromatic carbocycles. The lowest BCUT2D eigenvalue weighted by Crippen LogP contribution is -2.14. The van der Waals surface area contributed by atoms with Gasteiger partial charge in [-0.2, -0.15) is 5.10 Å². The van der Waals surface area contributed by atoms with Gasteiger partial charge in [0.05, 0.1) is 12.1 Å². The Kier molecular flexibility index (Phi) is 5.29. The summed E-state index contributed by atoms with van der Waals surface area (Å²) in [5.41, 5.74) is 2.58. The molecule has 0 radical (unpaired) electrons. The average Bonchev–Trinajstić information content (AvgIpc) is 3.17. The second-order valence-electron chi connectivity index (χ2n) is 6.47. The molecule has 0 aliphatic carbocycles. The molecule has 7 heteroatoms. The van der Waals surface area contributed by atoms with E-state index in [0.717, 1.165) is 11.3 Å². The van der Waals surface area contributed by atoms with Crippen molar-refractivity contribution in [3.8, 4) is 17.4 Å². The Balaban J connectivity index is 1.35. The van der Waals surface area contributed by atoms with E-state index < -0.39 is 0 Å². The summed E-state index contributed by atoms with van der Waals surface area (Å²) in [6, 6.07) is 22.1. The highest BCUT2D eigenvalue weighted by Crippen LogP contribution is 2.21. The van der Waals surface area contributed by atoms with Crippen LogP contribution in [-0.2, 0) is 11.2 Å². The third kappa shape index (κ3) is 4.84. The van der Waals surface area contributed by atoms with Crippen LogP contribution >= 0.6 is 0 Å². The molecule has 2 heterocycles. The molecule has 0 fully saturated rings. The van der Waals surface area contributed by atoms with Crippen LogP contribution in [0.1, 0.15) is 11.3 Å². The number of aryl methyl sites for hydroxylation is 1. The van der Waals surface area contributed by atoms with Gasteiger partial charge in [0, 0.05) is 18.0 Å². The summed E-state index contributed by atoms with van der Waals surface area (Å²) in [4.78, 5) is 12.1. The van der Waals surface area contributed by atoms with E-state index >= 15 is 0 Å². The third-order valence-electron chi connectivity index (χ3n) is 4.15. The first-order valence-electron chi connectivity index (χ1n) is 9.14. The summed E-state index contributed by atoms with van der Waals surface area (Å²) in [6.45, 7) is 1.91. The van der Waals surface area contributed by atoms with Crippen LogP contribution in [0.5, 0.6) is 11.6 Å². The Bertz CT molecular complexity index is 1090. The van der Waals surface area contributed by atoms with Gasteiger partial charge in [0.2, 0.25) is 11.8 Å². The number of carbonyl (C=O) groups is 1. The molecular weight excluding hydrogens is 366 g/mol. The van der Waals surface area contributed by atoms with Crippen LogP contribution in [0, 0.1) is 6.92 Å². The van der Waals surface area contributed by atoms with E-state index in [1.807, 2.05) is 49.5 Å². The van der Waals surface area contributed by atoms with Crippen molar-refractivity contribution >= 4 is 11.6 Å². The van der Waals surface area contributed by atoms with Crippen LogP contribution in [0.2, 0.25) is 0 Å². The molecule has 0 aliphatic heterocycles. The Morgan fingerprint density at radius 3 is 2.41 bits per heavy atom. The number of nitrogens with zero attached hydrogens (tertiary/aromatic N) is 4. The van der Waals surface area contributed by atoms with E-state index in [4.69, 9.17) is 4.74 Å². The van der Waals surface area contributed by atoms with Crippen LogP contribution in [0.15, 0.2) is 79.0 Å². The van der Waals surface area contributed by atoms with Crippen LogP contribution in [0.25, 0.3) is 5.82 Å². The lowest BCUT2D eigenvalue weighted by molar-refractivity contribution is -0.115. The number of ether oxygens (including phenoxy) is 1. The number of carbonyl (C=O) groups excluding carboxylic acids is 1. The Morgan fingerprint density at radius 1 is 0.966 bits per heavy atom. The molecule has 144 valence electrons. The maximum atomic E-state index is 12.1. The van der Waals surface area contributed by atoms with Gasteiger partial charge in [-0.05, 0) is 48.9 Å². The maximum absolute atomic E-state index is 12.1. The first kappa shape index (κ1) is 18.4. The van der Waals surface area contributed by atoms with E-state index in [0.29, 0.717) is 29.6 Å². The first-order chi connectivity index (χ1) is 14.2. The smallest absolute Gasteiger partial charge is 0.238 e. The Hall–Kier alpha value is -4.00. The van der Waals surface area contributed by atoms with Gasteiger partial charge < -0.3 is 10.1 Å². The van der Waals surface area contributed by atoms with Crippen LogP contribution < -0.4 is 10.1 Å². The largest absolute Gasteiger partial charge is 0.438 e. The van der Waals surface area contributed by atoms with E-state index in [1.165, 1.54) is 0 Å². The first-order valence-corrected chi connectivity index (χ1v) is 9.14. The van der Waals surface area contributed by atoms with Gasteiger partial charge in [-0.25, -0.2) is 4.68 Å². The molecular formula is C22H19N5O2. The zero-order chi connectivity index (χ0) is 20.1. The molecule has 0 aliphatic rings. The fraction of sp³-hybridized carbons (Fsp3) is 0.0909. The Morgan fingerprint density at radius 2 is 1.76 bits per heavy atom. The minimum absolute atomic E-state index is 0.0693. The van der Waals surface area contributed by atoms with Crippen molar-refractivity contribution in [3.05, 3.63) is 90.3 Å². The lowest BCUT2D eigenvalue weighted by atomic mass is 10.1. The summed E-state index contributed by atoms with van der Waals surface area (Å²) >= 11 is 0.